The number of halogens is 1. The van der Waals surface area contributed by atoms with Gasteiger partial charge in [0.05, 0.1) is 0 Å². The van der Waals surface area contributed by atoms with Crippen molar-refractivity contribution in [3.8, 4) is 11.6 Å². The number of hydrogen-bond acceptors (Lipinski definition) is 4. The normalized spacial score (nSPS) is 9.88. The molecular formula is C11H10IN3O. The van der Waals surface area contributed by atoms with E-state index in [1.807, 2.05) is 24.3 Å². The molecule has 1 aromatic heterocycles. The summed E-state index contributed by atoms with van der Waals surface area (Å²) in [6.45, 7) is 0. The summed E-state index contributed by atoms with van der Waals surface area (Å²) in [7, 11) is 1.77. The molecule has 2 rings (SSSR count). The maximum absolute atomic E-state index is 5.61. The number of nitrogens with zero attached hydrogens (tertiary/aromatic N) is 2. The molecule has 82 valence electrons. The highest BCUT2D eigenvalue weighted by Gasteiger charge is 2.00. The molecule has 2 aromatic rings. The number of benzene rings is 1. The molecule has 1 heterocycles. The highest BCUT2D eigenvalue weighted by molar-refractivity contribution is 14.1. The molecule has 0 saturated heterocycles. The Labute approximate surface area is 107 Å². The van der Waals surface area contributed by atoms with E-state index in [-0.39, 0.29) is 0 Å². The molecule has 0 atom stereocenters. The Morgan fingerprint density at radius 3 is 2.94 bits per heavy atom. The average Bonchev–Trinajstić information content (AvgIpc) is 2.29. The second-order valence-electron chi connectivity index (χ2n) is 3.03. The number of nitrogens with one attached hydrogen (secondary N) is 1. The second-order valence-corrected chi connectivity index (χ2v) is 4.27. The summed E-state index contributed by atoms with van der Waals surface area (Å²) in [5, 5.41) is 2.86. The Morgan fingerprint density at radius 1 is 1.31 bits per heavy atom. The summed E-state index contributed by atoms with van der Waals surface area (Å²) in [5.41, 5.74) is 0. The largest absolute Gasteiger partial charge is 0.439 e. The molecule has 0 aliphatic carbocycles. The Bertz CT molecular complexity index is 490. The van der Waals surface area contributed by atoms with Crippen molar-refractivity contribution in [2.45, 2.75) is 0 Å². The monoisotopic (exact) mass is 327 g/mol. The molecule has 0 amide bonds. The zero-order valence-corrected chi connectivity index (χ0v) is 10.8. The number of rotatable bonds is 3. The van der Waals surface area contributed by atoms with Crippen LogP contribution in [0.1, 0.15) is 0 Å². The Morgan fingerprint density at radius 2 is 2.19 bits per heavy atom. The zero-order valence-electron chi connectivity index (χ0n) is 8.64. The van der Waals surface area contributed by atoms with Gasteiger partial charge >= 0.3 is 0 Å². The van der Waals surface area contributed by atoms with E-state index in [2.05, 4.69) is 37.9 Å². The summed E-state index contributed by atoms with van der Waals surface area (Å²) < 4.78 is 6.73. The van der Waals surface area contributed by atoms with Gasteiger partial charge in [0.2, 0.25) is 11.8 Å². The van der Waals surface area contributed by atoms with Crippen LogP contribution in [0.3, 0.4) is 0 Å². The molecule has 0 aliphatic heterocycles. The average molecular weight is 327 g/mol. The number of aromatic nitrogens is 2. The van der Waals surface area contributed by atoms with Crippen molar-refractivity contribution in [3.05, 3.63) is 40.1 Å². The van der Waals surface area contributed by atoms with Crippen LogP contribution in [-0.2, 0) is 0 Å². The summed E-state index contributed by atoms with van der Waals surface area (Å²) in [4.78, 5) is 8.18. The van der Waals surface area contributed by atoms with E-state index in [9.17, 15) is 0 Å². The van der Waals surface area contributed by atoms with E-state index in [0.717, 1.165) is 9.32 Å². The number of ether oxygens (including phenoxy) is 1. The number of hydrogen-bond donors (Lipinski definition) is 1. The molecule has 0 unspecified atom stereocenters. The molecule has 0 aliphatic rings. The number of anilines is 1. The van der Waals surface area contributed by atoms with E-state index in [1.54, 1.807) is 19.3 Å². The van der Waals surface area contributed by atoms with Crippen LogP contribution < -0.4 is 10.1 Å². The lowest BCUT2D eigenvalue weighted by Crippen LogP contribution is -1.97. The van der Waals surface area contributed by atoms with Gasteiger partial charge in [-0.05, 0) is 40.8 Å². The van der Waals surface area contributed by atoms with Crippen LogP contribution in [0.4, 0.5) is 5.95 Å². The van der Waals surface area contributed by atoms with Gasteiger partial charge in [-0.3, -0.25) is 0 Å². The first kappa shape index (κ1) is 11.1. The third kappa shape index (κ3) is 2.82. The molecule has 0 bridgehead atoms. The lowest BCUT2D eigenvalue weighted by Gasteiger charge is -2.05. The molecule has 16 heavy (non-hydrogen) atoms. The molecule has 0 radical (unpaired) electrons. The molecule has 0 saturated carbocycles. The molecular weight excluding hydrogens is 317 g/mol. The summed E-state index contributed by atoms with van der Waals surface area (Å²) in [6, 6.07) is 9.51. The van der Waals surface area contributed by atoms with Gasteiger partial charge in [0, 0.05) is 22.9 Å². The van der Waals surface area contributed by atoms with Crippen molar-refractivity contribution in [3.63, 3.8) is 0 Å². The van der Waals surface area contributed by atoms with Crippen molar-refractivity contribution in [1.29, 1.82) is 0 Å². The fourth-order valence-corrected chi connectivity index (χ4v) is 1.69. The van der Waals surface area contributed by atoms with E-state index >= 15 is 0 Å². The fraction of sp³-hybridized carbons (Fsp3) is 0.0909. The minimum absolute atomic E-state index is 0.529. The molecule has 5 heteroatoms. The van der Waals surface area contributed by atoms with Crippen LogP contribution in [0.5, 0.6) is 11.6 Å². The molecule has 4 nitrogen and oxygen atoms in total. The molecule has 1 N–H and O–H groups in total. The summed E-state index contributed by atoms with van der Waals surface area (Å²) in [6.07, 6.45) is 1.65. The molecule has 1 aromatic carbocycles. The van der Waals surface area contributed by atoms with Gasteiger partial charge < -0.3 is 10.1 Å². The van der Waals surface area contributed by atoms with Crippen LogP contribution in [-0.4, -0.2) is 17.0 Å². The summed E-state index contributed by atoms with van der Waals surface area (Å²) in [5.74, 6) is 1.84. The molecule has 0 fully saturated rings. The Hall–Kier alpha value is -1.37. The highest BCUT2D eigenvalue weighted by Crippen LogP contribution is 2.21. The van der Waals surface area contributed by atoms with Crippen LogP contribution in [0.15, 0.2) is 36.5 Å². The van der Waals surface area contributed by atoms with Gasteiger partial charge in [-0.1, -0.05) is 6.07 Å². The predicted octanol–water partition coefficient (Wildman–Crippen LogP) is 2.92. The van der Waals surface area contributed by atoms with Crippen molar-refractivity contribution in [1.82, 2.24) is 9.97 Å². The first-order valence-electron chi connectivity index (χ1n) is 4.72. The van der Waals surface area contributed by atoms with Crippen LogP contribution in [0.2, 0.25) is 0 Å². The van der Waals surface area contributed by atoms with Gasteiger partial charge in [-0.15, -0.1) is 0 Å². The van der Waals surface area contributed by atoms with Gasteiger partial charge in [-0.25, -0.2) is 4.98 Å². The smallest absolute Gasteiger partial charge is 0.225 e. The minimum Gasteiger partial charge on any atom is -0.439 e. The minimum atomic E-state index is 0.529. The Balaban J connectivity index is 2.20. The third-order valence-electron chi connectivity index (χ3n) is 1.87. The zero-order chi connectivity index (χ0) is 11.4. The maximum atomic E-state index is 5.61. The molecule has 0 spiro atoms. The maximum Gasteiger partial charge on any atom is 0.225 e. The van der Waals surface area contributed by atoms with Crippen LogP contribution in [0.25, 0.3) is 0 Å². The highest BCUT2D eigenvalue weighted by atomic mass is 127. The van der Waals surface area contributed by atoms with Crippen LogP contribution in [0, 0.1) is 3.57 Å². The second kappa shape index (κ2) is 5.11. The third-order valence-corrected chi connectivity index (χ3v) is 2.54. The topological polar surface area (TPSA) is 47.0 Å². The first-order chi connectivity index (χ1) is 7.78. The van der Waals surface area contributed by atoms with Crippen molar-refractivity contribution in [2.24, 2.45) is 0 Å². The van der Waals surface area contributed by atoms with Gasteiger partial charge in [0.15, 0.2) is 0 Å². The van der Waals surface area contributed by atoms with Crippen molar-refractivity contribution >= 4 is 28.5 Å². The fourth-order valence-electron chi connectivity index (χ4n) is 1.17. The van der Waals surface area contributed by atoms with Gasteiger partial charge in [0.1, 0.15) is 5.75 Å². The van der Waals surface area contributed by atoms with Gasteiger partial charge in [0.25, 0.3) is 0 Å². The van der Waals surface area contributed by atoms with Crippen molar-refractivity contribution in [2.75, 3.05) is 12.4 Å². The van der Waals surface area contributed by atoms with E-state index < -0.39 is 0 Å². The lowest BCUT2D eigenvalue weighted by molar-refractivity contribution is 0.462. The SMILES string of the molecule is CNc1nccc(Oc2cccc(I)c2)n1. The Kier molecular flexibility index (Phi) is 3.55. The standard InChI is InChI=1S/C11H10IN3O/c1-13-11-14-6-5-10(15-11)16-9-4-2-3-8(12)7-9/h2-7H,1H3,(H,13,14,15). The van der Waals surface area contributed by atoms with E-state index in [1.165, 1.54) is 0 Å². The van der Waals surface area contributed by atoms with E-state index in [4.69, 9.17) is 4.74 Å². The van der Waals surface area contributed by atoms with Crippen molar-refractivity contribution < 1.29 is 4.74 Å². The quantitative estimate of drug-likeness (QED) is 0.881. The summed E-state index contributed by atoms with van der Waals surface area (Å²) >= 11 is 2.24. The lowest BCUT2D eigenvalue weighted by atomic mass is 10.3. The van der Waals surface area contributed by atoms with E-state index in [0.29, 0.717) is 11.8 Å². The first-order valence-corrected chi connectivity index (χ1v) is 5.80. The predicted molar refractivity (Wildman–Crippen MR) is 70.8 cm³/mol. The van der Waals surface area contributed by atoms with Gasteiger partial charge in [-0.2, -0.15) is 4.98 Å². The van der Waals surface area contributed by atoms with Crippen LogP contribution >= 0.6 is 22.6 Å².